The van der Waals surface area contributed by atoms with Gasteiger partial charge in [-0.3, -0.25) is 9.48 Å². The van der Waals surface area contributed by atoms with Crippen molar-refractivity contribution in [2.24, 2.45) is 0 Å². The number of Topliss-reactive ketones (excluding diaryl/α,β-unsaturated/α-hetero) is 1. The van der Waals surface area contributed by atoms with E-state index in [0.717, 1.165) is 11.0 Å². The fourth-order valence-corrected chi connectivity index (χ4v) is 2.80. The summed E-state index contributed by atoms with van der Waals surface area (Å²) in [5.41, 5.74) is 0.919. The third kappa shape index (κ3) is 2.92. The van der Waals surface area contributed by atoms with Gasteiger partial charge in [-0.05, 0) is 40.2 Å². The average molecular weight is 326 g/mol. The van der Waals surface area contributed by atoms with E-state index in [0.29, 0.717) is 0 Å². The maximum Gasteiger partial charge on any atom is 0.498 e. The van der Waals surface area contributed by atoms with E-state index in [4.69, 9.17) is 9.31 Å². The molecule has 1 atom stereocenters. The van der Waals surface area contributed by atoms with Gasteiger partial charge >= 0.3 is 7.12 Å². The Hall–Kier alpha value is -1.92. The summed E-state index contributed by atoms with van der Waals surface area (Å²) < 4.78 is 13.8. The number of aromatic nitrogens is 2. The normalized spacial score (nSPS) is 20.1. The molecule has 1 saturated heterocycles. The highest BCUT2D eigenvalue weighted by Gasteiger charge is 2.52. The number of hydrogen-bond donors (Lipinski definition) is 0. The molecule has 0 amide bonds. The van der Waals surface area contributed by atoms with E-state index in [1.165, 1.54) is 0 Å². The summed E-state index contributed by atoms with van der Waals surface area (Å²) in [6.07, 6.45) is 3.54. The summed E-state index contributed by atoms with van der Waals surface area (Å²) in [7, 11) is -0.480. The van der Waals surface area contributed by atoms with E-state index >= 15 is 0 Å². The topological polar surface area (TPSA) is 53.4 Å². The van der Waals surface area contributed by atoms with Crippen LogP contribution in [0.5, 0.6) is 0 Å². The van der Waals surface area contributed by atoms with Crippen molar-refractivity contribution in [3.63, 3.8) is 0 Å². The van der Waals surface area contributed by atoms with Gasteiger partial charge in [0.2, 0.25) is 0 Å². The second-order valence-electron chi connectivity index (χ2n) is 7.27. The highest BCUT2D eigenvalue weighted by molar-refractivity contribution is 6.62. The molecule has 1 aliphatic heterocycles. The lowest BCUT2D eigenvalue weighted by atomic mass is 9.82. The third-order valence-electron chi connectivity index (χ3n) is 4.91. The molecule has 0 radical (unpaired) electrons. The van der Waals surface area contributed by atoms with Crippen LogP contribution in [-0.4, -0.2) is 33.9 Å². The quantitative estimate of drug-likeness (QED) is 0.810. The number of nitrogens with zero attached hydrogens (tertiary/aromatic N) is 2. The number of ketones is 1. The summed E-state index contributed by atoms with van der Waals surface area (Å²) in [5, 5.41) is 4.39. The first-order valence-corrected chi connectivity index (χ1v) is 8.16. The SMILES string of the molecule is CC(=O)C(c1ccccc1)n1cc(B2OC(C)(C)C(C)(C)O2)cn1. The van der Waals surface area contributed by atoms with Gasteiger partial charge in [-0.25, -0.2) is 0 Å². The molecule has 3 rings (SSSR count). The first-order valence-electron chi connectivity index (χ1n) is 8.16. The fraction of sp³-hybridized carbons (Fsp3) is 0.444. The Bertz CT molecular complexity index is 724. The zero-order valence-corrected chi connectivity index (χ0v) is 14.8. The number of benzene rings is 1. The van der Waals surface area contributed by atoms with E-state index in [2.05, 4.69) is 5.10 Å². The minimum absolute atomic E-state index is 0.0322. The molecule has 0 N–H and O–H groups in total. The Labute approximate surface area is 143 Å². The van der Waals surface area contributed by atoms with E-state index in [-0.39, 0.29) is 5.78 Å². The second kappa shape index (κ2) is 5.86. The summed E-state index contributed by atoms with van der Waals surface area (Å²) in [5.74, 6) is 0.0322. The molecule has 1 unspecified atom stereocenters. The second-order valence-corrected chi connectivity index (χ2v) is 7.27. The predicted octanol–water partition coefficient (Wildman–Crippen LogP) is 2.36. The summed E-state index contributed by atoms with van der Waals surface area (Å²) in [6, 6.07) is 9.19. The van der Waals surface area contributed by atoms with Crippen LogP contribution in [-0.2, 0) is 14.1 Å². The largest absolute Gasteiger partial charge is 0.498 e. The Morgan fingerprint density at radius 1 is 1.12 bits per heavy atom. The molecule has 1 aromatic heterocycles. The maximum absolute atomic E-state index is 12.2. The minimum Gasteiger partial charge on any atom is -0.399 e. The van der Waals surface area contributed by atoms with Crippen LogP contribution in [0.15, 0.2) is 42.7 Å². The number of carbonyl (C=O) groups is 1. The van der Waals surface area contributed by atoms with E-state index < -0.39 is 24.4 Å². The van der Waals surface area contributed by atoms with Crippen molar-refractivity contribution in [3.05, 3.63) is 48.3 Å². The lowest BCUT2D eigenvalue weighted by Crippen LogP contribution is -2.41. The molecule has 1 aromatic carbocycles. The number of carbonyl (C=O) groups excluding carboxylic acids is 1. The Balaban J connectivity index is 1.89. The monoisotopic (exact) mass is 326 g/mol. The van der Waals surface area contributed by atoms with Gasteiger partial charge in [-0.1, -0.05) is 30.3 Å². The molecule has 24 heavy (non-hydrogen) atoms. The van der Waals surface area contributed by atoms with Gasteiger partial charge in [0.05, 0.1) is 11.2 Å². The zero-order valence-electron chi connectivity index (χ0n) is 14.8. The molecule has 6 heteroatoms. The van der Waals surface area contributed by atoms with Crippen molar-refractivity contribution in [3.8, 4) is 0 Å². The van der Waals surface area contributed by atoms with Gasteiger partial charge in [0.1, 0.15) is 6.04 Å². The van der Waals surface area contributed by atoms with Crippen LogP contribution in [0.4, 0.5) is 0 Å². The molecule has 1 fully saturated rings. The minimum atomic E-state index is -0.480. The molecular weight excluding hydrogens is 303 g/mol. The Morgan fingerprint density at radius 2 is 1.71 bits per heavy atom. The fourth-order valence-electron chi connectivity index (χ4n) is 2.80. The van der Waals surface area contributed by atoms with Crippen LogP contribution >= 0.6 is 0 Å². The molecule has 1 aliphatic rings. The van der Waals surface area contributed by atoms with Crippen LogP contribution in [0, 0.1) is 0 Å². The van der Waals surface area contributed by atoms with Crippen molar-refractivity contribution >= 4 is 18.4 Å². The first-order chi connectivity index (χ1) is 11.2. The lowest BCUT2D eigenvalue weighted by Gasteiger charge is -2.32. The predicted molar refractivity (Wildman–Crippen MR) is 93.2 cm³/mol. The van der Waals surface area contributed by atoms with Crippen LogP contribution in [0.3, 0.4) is 0 Å². The molecule has 2 aromatic rings. The van der Waals surface area contributed by atoms with Crippen LogP contribution in [0.1, 0.15) is 46.2 Å². The average Bonchev–Trinajstić information content (AvgIpc) is 3.03. The Morgan fingerprint density at radius 3 is 2.25 bits per heavy atom. The number of rotatable bonds is 4. The molecule has 0 saturated carbocycles. The molecule has 0 aliphatic carbocycles. The highest BCUT2D eigenvalue weighted by Crippen LogP contribution is 2.36. The van der Waals surface area contributed by atoms with Crippen molar-refractivity contribution < 1.29 is 14.1 Å². The zero-order chi connectivity index (χ0) is 17.5. The van der Waals surface area contributed by atoms with Gasteiger partial charge in [0, 0.05) is 17.9 Å². The van der Waals surface area contributed by atoms with Gasteiger partial charge in [0.15, 0.2) is 5.78 Å². The van der Waals surface area contributed by atoms with E-state index in [9.17, 15) is 4.79 Å². The summed E-state index contributed by atoms with van der Waals surface area (Å²) in [6.45, 7) is 9.63. The van der Waals surface area contributed by atoms with E-state index in [1.807, 2.05) is 64.2 Å². The highest BCUT2D eigenvalue weighted by atomic mass is 16.7. The van der Waals surface area contributed by atoms with Crippen molar-refractivity contribution in [2.45, 2.75) is 51.9 Å². The van der Waals surface area contributed by atoms with E-state index in [1.54, 1.807) is 17.8 Å². The maximum atomic E-state index is 12.2. The van der Waals surface area contributed by atoms with Gasteiger partial charge in [-0.15, -0.1) is 0 Å². The standard InChI is InChI=1S/C18H23BN2O3/c1-13(22)16(14-9-7-6-8-10-14)21-12-15(11-20-21)19-23-17(2,3)18(4,5)24-19/h6-12,16H,1-5H3. The first kappa shape index (κ1) is 16.9. The molecule has 5 nitrogen and oxygen atoms in total. The van der Waals surface area contributed by atoms with Gasteiger partial charge in [-0.2, -0.15) is 5.10 Å². The van der Waals surface area contributed by atoms with Crippen molar-refractivity contribution in [1.29, 1.82) is 0 Å². The van der Waals surface area contributed by atoms with Crippen LogP contribution < -0.4 is 5.46 Å². The molecule has 2 heterocycles. The third-order valence-corrected chi connectivity index (χ3v) is 4.91. The molecular formula is C18H23BN2O3. The molecule has 0 spiro atoms. The van der Waals surface area contributed by atoms with Crippen LogP contribution in [0.25, 0.3) is 0 Å². The van der Waals surface area contributed by atoms with Crippen molar-refractivity contribution in [2.75, 3.05) is 0 Å². The molecule has 0 bridgehead atoms. The Kier molecular flexibility index (Phi) is 4.14. The molecule has 126 valence electrons. The van der Waals surface area contributed by atoms with Crippen LogP contribution in [0.2, 0.25) is 0 Å². The smallest absolute Gasteiger partial charge is 0.399 e. The number of hydrogen-bond acceptors (Lipinski definition) is 4. The lowest BCUT2D eigenvalue weighted by molar-refractivity contribution is -0.119. The van der Waals surface area contributed by atoms with Crippen molar-refractivity contribution in [1.82, 2.24) is 9.78 Å². The summed E-state index contributed by atoms with van der Waals surface area (Å²) >= 11 is 0. The van der Waals surface area contributed by atoms with Gasteiger partial charge < -0.3 is 9.31 Å². The summed E-state index contributed by atoms with van der Waals surface area (Å²) in [4.78, 5) is 12.2. The van der Waals surface area contributed by atoms with Gasteiger partial charge in [0.25, 0.3) is 0 Å².